The Morgan fingerprint density at radius 3 is 2.80 bits per heavy atom. The van der Waals surface area contributed by atoms with Crippen molar-refractivity contribution in [3.05, 3.63) is 39.7 Å². The van der Waals surface area contributed by atoms with E-state index in [0.717, 1.165) is 31.6 Å². The number of aryl methyl sites for hydroxylation is 4. The molecule has 0 spiro atoms. The first-order valence-electron chi connectivity index (χ1n) is 6.93. The summed E-state index contributed by atoms with van der Waals surface area (Å²) in [5.41, 5.74) is 2.10. The third-order valence-electron chi connectivity index (χ3n) is 3.08. The van der Waals surface area contributed by atoms with Crippen LogP contribution >= 0.6 is 0 Å². The topological polar surface area (TPSA) is 75.6 Å². The Morgan fingerprint density at radius 2 is 2.15 bits per heavy atom. The van der Waals surface area contributed by atoms with E-state index in [2.05, 4.69) is 33.4 Å². The number of aromatic nitrogens is 4. The van der Waals surface area contributed by atoms with Gasteiger partial charge in [0.2, 0.25) is 0 Å². The number of nitrogens with one attached hydrogen (secondary N) is 2. The molecule has 0 fully saturated rings. The molecule has 6 nitrogen and oxygen atoms in total. The molecule has 108 valence electrons. The molecule has 0 bridgehead atoms. The normalized spacial score (nSPS) is 10.8. The van der Waals surface area contributed by atoms with Crippen LogP contribution in [0, 0.1) is 13.8 Å². The third kappa shape index (κ3) is 3.69. The molecule has 20 heavy (non-hydrogen) atoms. The second kappa shape index (κ2) is 6.36. The molecule has 2 N–H and O–H groups in total. The van der Waals surface area contributed by atoms with Crippen LogP contribution < -0.4 is 10.9 Å². The molecule has 2 rings (SSSR count). The molecule has 2 heterocycles. The van der Waals surface area contributed by atoms with Crippen molar-refractivity contribution < 1.29 is 0 Å². The first kappa shape index (κ1) is 14.3. The summed E-state index contributed by atoms with van der Waals surface area (Å²) in [5.74, 6) is 1.34. The second-order valence-electron chi connectivity index (χ2n) is 4.86. The lowest BCUT2D eigenvalue weighted by Gasteiger charge is -2.07. The van der Waals surface area contributed by atoms with Gasteiger partial charge in [-0.25, -0.2) is 4.98 Å². The highest BCUT2D eigenvalue weighted by molar-refractivity contribution is 5.32. The standard InChI is InChI=1S/C14H21N5O/c1-4-12-16-13(9-14(20)17-12)15-6-5-7-19-11(3)8-10(2)18-19/h8-9H,4-7H2,1-3H3,(H2,15,16,17,20). The minimum absolute atomic E-state index is 0.113. The summed E-state index contributed by atoms with van der Waals surface area (Å²) in [6.45, 7) is 7.63. The molecule has 0 saturated heterocycles. The number of nitrogens with zero attached hydrogens (tertiary/aromatic N) is 3. The number of hydrogen-bond acceptors (Lipinski definition) is 4. The van der Waals surface area contributed by atoms with Crippen molar-refractivity contribution >= 4 is 5.82 Å². The van der Waals surface area contributed by atoms with Gasteiger partial charge in [0, 0.05) is 31.3 Å². The second-order valence-corrected chi connectivity index (χ2v) is 4.86. The van der Waals surface area contributed by atoms with Crippen LogP contribution in [-0.2, 0) is 13.0 Å². The summed E-state index contributed by atoms with van der Waals surface area (Å²) in [6.07, 6.45) is 1.65. The number of aromatic amines is 1. The van der Waals surface area contributed by atoms with Crippen molar-refractivity contribution in [2.45, 2.75) is 40.2 Å². The molecule has 0 aliphatic rings. The third-order valence-corrected chi connectivity index (χ3v) is 3.08. The summed E-state index contributed by atoms with van der Waals surface area (Å²) in [6, 6.07) is 3.56. The smallest absolute Gasteiger partial charge is 0.252 e. The summed E-state index contributed by atoms with van der Waals surface area (Å²) in [5, 5.41) is 7.60. The predicted octanol–water partition coefficient (Wildman–Crippen LogP) is 1.65. The lowest BCUT2D eigenvalue weighted by Crippen LogP contribution is -2.15. The SMILES string of the molecule is CCc1nc(NCCCn2nc(C)cc2C)cc(=O)[nH]1. The van der Waals surface area contributed by atoms with Crippen molar-refractivity contribution in [3.8, 4) is 0 Å². The van der Waals surface area contributed by atoms with Crippen molar-refractivity contribution in [1.29, 1.82) is 0 Å². The Hall–Kier alpha value is -2.11. The van der Waals surface area contributed by atoms with Crippen LogP contribution in [0.4, 0.5) is 5.82 Å². The Balaban J connectivity index is 1.85. The van der Waals surface area contributed by atoms with Crippen LogP contribution in [-0.4, -0.2) is 26.3 Å². The zero-order valence-electron chi connectivity index (χ0n) is 12.2. The zero-order valence-corrected chi connectivity index (χ0v) is 12.2. The number of anilines is 1. The van der Waals surface area contributed by atoms with Crippen molar-refractivity contribution in [3.63, 3.8) is 0 Å². The predicted molar refractivity (Wildman–Crippen MR) is 79.0 cm³/mol. The maximum absolute atomic E-state index is 11.4. The summed E-state index contributed by atoms with van der Waals surface area (Å²) in [4.78, 5) is 18.5. The molecule has 0 unspecified atom stereocenters. The zero-order chi connectivity index (χ0) is 14.5. The Morgan fingerprint density at radius 1 is 1.35 bits per heavy atom. The minimum Gasteiger partial charge on any atom is -0.370 e. The molecule has 0 aromatic carbocycles. The van der Waals surface area contributed by atoms with E-state index in [9.17, 15) is 4.79 Å². The first-order valence-corrected chi connectivity index (χ1v) is 6.93. The van der Waals surface area contributed by atoms with E-state index in [4.69, 9.17) is 0 Å². The average molecular weight is 275 g/mol. The molecule has 0 radical (unpaired) electrons. The van der Waals surface area contributed by atoms with Crippen LogP contribution in [0.2, 0.25) is 0 Å². The van der Waals surface area contributed by atoms with Crippen molar-refractivity contribution in [2.75, 3.05) is 11.9 Å². The van der Waals surface area contributed by atoms with Crippen molar-refractivity contribution in [1.82, 2.24) is 19.7 Å². The van der Waals surface area contributed by atoms with Gasteiger partial charge in [0.1, 0.15) is 11.6 Å². The van der Waals surface area contributed by atoms with Gasteiger partial charge >= 0.3 is 0 Å². The molecule has 0 saturated carbocycles. The maximum Gasteiger partial charge on any atom is 0.252 e. The van der Waals surface area contributed by atoms with E-state index in [1.165, 1.54) is 11.8 Å². The fraction of sp³-hybridized carbons (Fsp3) is 0.500. The Kier molecular flexibility index (Phi) is 4.55. The van der Waals surface area contributed by atoms with E-state index in [1.54, 1.807) is 0 Å². The van der Waals surface area contributed by atoms with Gasteiger partial charge in [-0.05, 0) is 26.3 Å². The van der Waals surface area contributed by atoms with Gasteiger partial charge in [-0.1, -0.05) is 6.92 Å². The van der Waals surface area contributed by atoms with Crippen molar-refractivity contribution in [2.24, 2.45) is 0 Å². The molecule has 6 heteroatoms. The van der Waals surface area contributed by atoms with Crippen LogP contribution in [0.5, 0.6) is 0 Å². The van der Waals surface area contributed by atoms with Gasteiger partial charge in [0.05, 0.1) is 5.69 Å². The molecule has 2 aromatic heterocycles. The van der Waals surface area contributed by atoms with E-state index in [0.29, 0.717) is 11.6 Å². The molecule has 2 aromatic rings. The van der Waals surface area contributed by atoms with E-state index < -0.39 is 0 Å². The van der Waals surface area contributed by atoms with E-state index >= 15 is 0 Å². The fourth-order valence-corrected chi connectivity index (χ4v) is 2.11. The van der Waals surface area contributed by atoms with Crippen LogP contribution in [0.1, 0.15) is 30.6 Å². The molecule has 0 aliphatic heterocycles. The van der Waals surface area contributed by atoms with Crippen LogP contribution in [0.25, 0.3) is 0 Å². The highest BCUT2D eigenvalue weighted by Crippen LogP contribution is 2.04. The van der Waals surface area contributed by atoms with Gasteiger partial charge < -0.3 is 10.3 Å². The van der Waals surface area contributed by atoms with E-state index in [1.807, 2.05) is 18.5 Å². The summed E-state index contributed by atoms with van der Waals surface area (Å²) < 4.78 is 2.00. The van der Waals surface area contributed by atoms with Gasteiger partial charge in [0.15, 0.2) is 0 Å². The Bertz CT molecular complexity index is 629. The highest BCUT2D eigenvalue weighted by Gasteiger charge is 2.01. The largest absolute Gasteiger partial charge is 0.370 e. The van der Waals surface area contributed by atoms with Gasteiger partial charge in [-0.3, -0.25) is 9.48 Å². The minimum atomic E-state index is -0.113. The molecule has 0 atom stereocenters. The van der Waals surface area contributed by atoms with Gasteiger partial charge in [0.25, 0.3) is 5.56 Å². The first-order chi connectivity index (χ1) is 9.58. The monoisotopic (exact) mass is 275 g/mol. The quantitative estimate of drug-likeness (QED) is 0.786. The van der Waals surface area contributed by atoms with Gasteiger partial charge in [-0.2, -0.15) is 5.10 Å². The number of H-pyrrole nitrogens is 1. The molecular formula is C14H21N5O. The lowest BCUT2D eigenvalue weighted by atomic mass is 10.3. The van der Waals surface area contributed by atoms with Crippen LogP contribution in [0.15, 0.2) is 16.9 Å². The van der Waals surface area contributed by atoms with E-state index in [-0.39, 0.29) is 5.56 Å². The Labute approximate surface area is 118 Å². The van der Waals surface area contributed by atoms with Crippen LogP contribution in [0.3, 0.4) is 0 Å². The highest BCUT2D eigenvalue weighted by atomic mass is 16.1. The molecular weight excluding hydrogens is 254 g/mol. The molecule has 0 aliphatic carbocycles. The lowest BCUT2D eigenvalue weighted by molar-refractivity contribution is 0.573. The fourth-order valence-electron chi connectivity index (χ4n) is 2.11. The number of rotatable bonds is 6. The maximum atomic E-state index is 11.4. The summed E-state index contributed by atoms with van der Waals surface area (Å²) >= 11 is 0. The average Bonchev–Trinajstić information content (AvgIpc) is 2.72. The molecule has 0 amide bonds. The van der Waals surface area contributed by atoms with Gasteiger partial charge in [-0.15, -0.1) is 0 Å². The number of hydrogen-bond donors (Lipinski definition) is 2. The summed E-state index contributed by atoms with van der Waals surface area (Å²) in [7, 11) is 0.